The number of hydrazone groups is 1. The van der Waals surface area contributed by atoms with Crippen LogP contribution in [0.2, 0.25) is 15.1 Å². The number of hydrogen-bond acceptors (Lipinski definition) is 3. The number of rotatable bonds is 4. The van der Waals surface area contributed by atoms with Crippen molar-refractivity contribution in [3.63, 3.8) is 0 Å². The molecular weight excluding hydrogens is 501 g/mol. The molecule has 0 aliphatic carbocycles. The van der Waals surface area contributed by atoms with Gasteiger partial charge in [-0.1, -0.05) is 78.1 Å². The van der Waals surface area contributed by atoms with Crippen molar-refractivity contribution in [2.45, 2.75) is 32.7 Å². The van der Waals surface area contributed by atoms with Gasteiger partial charge in [-0.25, -0.2) is 5.01 Å². The fourth-order valence-electron chi connectivity index (χ4n) is 4.68. The number of hydrogen-bond donors (Lipinski definition) is 0. The van der Waals surface area contributed by atoms with Crippen molar-refractivity contribution in [1.29, 1.82) is 0 Å². The summed E-state index contributed by atoms with van der Waals surface area (Å²) in [6.07, 6.45) is 0.829. The van der Waals surface area contributed by atoms with Crippen LogP contribution in [0.3, 0.4) is 0 Å². The summed E-state index contributed by atoms with van der Waals surface area (Å²) >= 11 is 19.1. The first-order valence-electron chi connectivity index (χ1n) is 11.4. The lowest BCUT2D eigenvalue weighted by molar-refractivity contribution is -0.132. The topological polar surface area (TPSA) is 45.6 Å². The van der Waals surface area contributed by atoms with Crippen LogP contribution in [0.4, 0.5) is 0 Å². The van der Waals surface area contributed by atoms with E-state index < -0.39 is 0 Å². The fraction of sp³-hybridized carbons (Fsp3) is 0.179. The van der Waals surface area contributed by atoms with Crippen LogP contribution in [0.1, 0.15) is 42.6 Å². The third kappa shape index (κ3) is 4.42. The van der Waals surface area contributed by atoms with Crippen LogP contribution < -0.4 is 0 Å². The second-order valence-corrected chi connectivity index (χ2v) is 9.78. The normalized spacial score (nSPS) is 15.5. The summed E-state index contributed by atoms with van der Waals surface area (Å²) < 4.78 is 0. The minimum atomic E-state index is -0.333. The highest BCUT2D eigenvalue weighted by Gasteiger charge is 2.35. The quantitative estimate of drug-likeness (QED) is 0.271. The maximum Gasteiger partial charge on any atom is 0.242 e. The average molecular weight is 523 g/mol. The Kier molecular flexibility index (Phi) is 6.54. The van der Waals surface area contributed by atoms with Crippen molar-refractivity contribution in [1.82, 2.24) is 9.99 Å². The molecular formula is C28H22Cl3N3O. The van der Waals surface area contributed by atoms with Gasteiger partial charge in [0.05, 0.1) is 17.3 Å². The monoisotopic (exact) mass is 521 g/mol. The molecule has 0 radical (unpaired) electrons. The number of nitrogens with zero attached hydrogens (tertiary/aromatic N) is 3. The highest BCUT2D eigenvalue weighted by atomic mass is 35.5. The molecule has 0 N–H and O–H groups in total. The molecule has 5 rings (SSSR count). The van der Waals surface area contributed by atoms with E-state index in [1.54, 1.807) is 17.1 Å². The number of benzene rings is 3. The molecule has 0 saturated carbocycles. The number of halogens is 3. The fourth-order valence-corrected chi connectivity index (χ4v) is 5.39. The summed E-state index contributed by atoms with van der Waals surface area (Å²) in [5.74, 6) is -0.0771. The largest absolute Gasteiger partial charge is 0.273 e. The second-order valence-electron chi connectivity index (χ2n) is 8.50. The Hall–Kier alpha value is -2.92. The number of pyridine rings is 1. The Morgan fingerprint density at radius 2 is 1.69 bits per heavy atom. The van der Waals surface area contributed by atoms with Crippen molar-refractivity contribution < 1.29 is 4.79 Å². The van der Waals surface area contributed by atoms with E-state index in [1.165, 1.54) is 0 Å². The standard InChI is InChI=1S/C28H22Cl3N3O/c1-3-26(35)34-25(20-11-9-19(30)14-22(20)31)15-24(33-34)27-16(2)32-23-12-10-18(29)13-21(23)28(27)17-7-5-4-6-8-17/h4-14,25H,3,15H2,1-2H3/t25-/m0/s1. The molecule has 35 heavy (non-hydrogen) atoms. The van der Waals surface area contributed by atoms with Gasteiger partial charge in [0.25, 0.3) is 0 Å². The first-order valence-corrected chi connectivity index (χ1v) is 12.5. The Labute approximate surface area is 219 Å². The molecule has 4 aromatic rings. The number of aromatic nitrogens is 1. The van der Waals surface area contributed by atoms with Crippen LogP contribution in [0.25, 0.3) is 22.0 Å². The smallest absolute Gasteiger partial charge is 0.242 e. The van der Waals surface area contributed by atoms with Gasteiger partial charge in [-0.3, -0.25) is 9.78 Å². The summed E-state index contributed by atoms with van der Waals surface area (Å²) in [6.45, 7) is 3.81. The van der Waals surface area contributed by atoms with Crippen molar-refractivity contribution in [2.75, 3.05) is 0 Å². The number of carbonyl (C=O) groups is 1. The molecule has 0 fully saturated rings. The van der Waals surface area contributed by atoms with E-state index in [9.17, 15) is 4.79 Å². The van der Waals surface area contributed by atoms with Crippen molar-refractivity contribution in [2.24, 2.45) is 5.10 Å². The number of amides is 1. The van der Waals surface area contributed by atoms with Gasteiger partial charge in [0.2, 0.25) is 5.91 Å². The van der Waals surface area contributed by atoms with Gasteiger partial charge in [-0.05, 0) is 48.4 Å². The maximum absolute atomic E-state index is 13.0. The molecule has 0 bridgehead atoms. The first kappa shape index (κ1) is 23.8. The third-order valence-corrected chi connectivity index (χ3v) is 7.07. The molecule has 3 aromatic carbocycles. The van der Waals surface area contributed by atoms with Gasteiger partial charge in [-0.15, -0.1) is 0 Å². The SMILES string of the molecule is CCC(=O)N1N=C(c2c(C)nc3ccc(Cl)cc3c2-c2ccccc2)C[C@H]1c1ccc(Cl)cc1Cl. The number of aryl methyl sites for hydroxylation is 1. The molecule has 0 spiro atoms. The molecule has 176 valence electrons. The Morgan fingerprint density at radius 3 is 2.40 bits per heavy atom. The average Bonchev–Trinajstić information content (AvgIpc) is 3.28. The Balaban J connectivity index is 1.74. The third-order valence-electron chi connectivity index (χ3n) is 6.27. The van der Waals surface area contributed by atoms with Crippen molar-refractivity contribution in [3.05, 3.63) is 98.6 Å². The molecule has 0 saturated heterocycles. The predicted octanol–water partition coefficient (Wildman–Crippen LogP) is 8.26. The van der Waals surface area contributed by atoms with Gasteiger partial charge in [-0.2, -0.15) is 5.10 Å². The van der Waals surface area contributed by atoms with E-state index in [1.807, 2.05) is 56.3 Å². The summed E-state index contributed by atoms with van der Waals surface area (Å²) in [4.78, 5) is 17.8. The van der Waals surface area contributed by atoms with E-state index in [2.05, 4.69) is 12.1 Å². The lowest BCUT2D eigenvalue weighted by atomic mass is 9.89. The maximum atomic E-state index is 13.0. The molecule has 4 nitrogen and oxygen atoms in total. The molecule has 2 heterocycles. The van der Waals surface area contributed by atoms with Crippen LogP contribution in [0.15, 0.2) is 71.8 Å². The Morgan fingerprint density at radius 1 is 0.971 bits per heavy atom. The van der Waals surface area contributed by atoms with Crippen molar-refractivity contribution >= 4 is 57.3 Å². The lowest BCUT2D eigenvalue weighted by Crippen LogP contribution is -2.26. The summed E-state index contributed by atoms with van der Waals surface area (Å²) in [5, 5.41) is 9.05. The summed E-state index contributed by atoms with van der Waals surface area (Å²) in [6, 6.07) is 20.9. The van der Waals surface area contributed by atoms with Crippen molar-refractivity contribution in [3.8, 4) is 11.1 Å². The van der Waals surface area contributed by atoms with Crippen LogP contribution in [0, 0.1) is 6.92 Å². The molecule has 1 aliphatic rings. The van der Waals surface area contributed by atoms with E-state index in [-0.39, 0.29) is 11.9 Å². The molecule has 7 heteroatoms. The summed E-state index contributed by atoms with van der Waals surface area (Å²) in [7, 11) is 0. The summed E-state index contributed by atoms with van der Waals surface area (Å²) in [5.41, 5.74) is 6.23. The van der Waals surface area contributed by atoms with Gasteiger partial charge in [0.1, 0.15) is 0 Å². The van der Waals surface area contributed by atoms with Gasteiger partial charge < -0.3 is 0 Å². The zero-order valence-electron chi connectivity index (χ0n) is 19.2. The van der Waals surface area contributed by atoms with E-state index in [0.717, 1.165) is 44.6 Å². The van der Waals surface area contributed by atoms with E-state index in [4.69, 9.17) is 44.9 Å². The highest BCUT2D eigenvalue weighted by molar-refractivity contribution is 6.35. The number of fused-ring (bicyclic) bond motifs is 1. The molecule has 1 atom stereocenters. The number of carbonyl (C=O) groups excluding carboxylic acids is 1. The first-order chi connectivity index (χ1) is 16.9. The molecule has 1 aliphatic heterocycles. The van der Waals surface area contributed by atoms with Gasteiger partial charge in [0.15, 0.2) is 0 Å². The highest BCUT2D eigenvalue weighted by Crippen LogP contribution is 2.41. The Bertz CT molecular complexity index is 1480. The minimum Gasteiger partial charge on any atom is -0.273 e. The predicted molar refractivity (Wildman–Crippen MR) is 144 cm³/mol. The zero-order chi connectivity index (χ0) is 24.7. The van der Waals surface area contributed by atoms with Gasteiger partial charge >= 0.3 is 0 Å². The van der Waals surface area contributed by atoms with Crippen LogP contribution >= 0.6 is 34.8 Å². The molecule has 1 amide bonds. The zero-order valence-corrected chi connectivity index (χ0v) is 21.5. The lowest BCUT2D eigenvalue weighted by Gasteiger charge is -2.22. The second kappa shape index (κ2) is 9.62. The molecule has 1 aromatic heterocycles. The van der Waals surface area contributed by atoms with Gasteiger partial charge in [0, 0.05) is 50.1 Å². The molecule has 0 unspecified atom stereocenters. The van der Waals surface area contributed by atoms with Crippen LogP contribution in [-0.4, -0.2) is 21.6 Å². The van der Waals surface area contributed by atoms with Crippen LogP contribution in [-0.2, 0) is 4.79 Å². The van der Waals surface area contributed by atoms with Crippen LogP contribution in [0.5, 0.6) is 0 Å². The minimum absolute atomic E-state index is 0.0771. The van der Waals surface area contributed by atoms with E-state index >= 15 is 0 Å². The van der Waals surface area contributed by atoms with E-state index in [0.29, 0.717) is 27.9 Å².